The monoisotopic (exact) mass is 311 g/mol. The molecule has 4 nitrogen and oxygen atoms in total. The van der Waals surface area contributed by atoms with Crippen molar-refractivity contribution in [2.75, 3.05) is 0 Å². The predicted octanol–water partition coefficient (Wildman–Crippen LogP) is 3.62. The molecule has 0 amide bonds. The van der Waals surface area contributed by atoms with Gasteiger partial charge in [-0.2, -0.15) is 0 Å². The number of thiazole rings is 1. The Hall–Kier alpha value is -1.08. The lowest BCUT2D eigenvalue weighted by molar-refractivity contribution is 0.285. The molecule has 2 N–H and O–H groups in total. The van der Waals surface area contributed by atoms with E-state index in [0.29, 0.717) is 10.0 Å². The van der Waals surface area contributed by atoms with Crippen LogP contribution in [0.5, 0.6) is 0 Å². The highest BCUT2D eigenvalue weighted by Crippen LogP contribution is 2.34. The smallest absolute Gasteiger partial charge is 0.173 e. The molecule has 2 aromatic heterocycles. The average Bonchev–Trinajstić information content (AvgIpc) is 2.91. The van der Waals surface area contributed by atoms with Crippen LogP contribution in [-0.4, -0.2) is 20.1 Å². The summed E-state index contributed by atoms with van der Waals surface area (Å²) in [6, 6.07) is 6.07. The standard InChI is InChI=1S/C12H10ClN3OS2/c1-6-2-3-7-8(4-6)15-11(14-7)19-12-16-10(13)9(5-17)18-12/h2-4,17H,5H2,1H3,(H,14,15). The minimum atomic E-state index is -0.0869. The fraction of sp³-hybridized carbons (Fsp3) is 0.167. The fourth-order valence-electron chi connectivity index (χ4n) is 1.69. The van der Waals surface area contributed by atoms with E-state index in [0.717, 1.165) is 20.5 Å². The van der Waals surface area contributed by atoms with Gasteiger partial charge in [-0.3, -0.25) is 0 Å². The van der Waals surface area contributed by atoms with Crippen LogP contribution in [0.1, 0.15) is 10.4 Å². The Morgan fingerprint density at radius 1 is 1.42 bits per heavy atom. The molecular weight excluding hydrogens is 302 g/mol. The molecule has 1 aromatic carbocycles. The summed E-state index contributed by atoms with van der Waals surface area (Å²) in [7, 11) is 0. The van der Waals surface area contributed by atoms with Crippen LogP contribution in [0.4, 0.5) is 0 Å². The Labute approximate surface area is 122 Å². The van der Waals surface area contributed by atoms with Gasteiger partial charge in [0.1, 0.15) is 5.15 Å². The molecule has 0 aliphatic rings. The quantitative estimate of drug-likeness (QED) is 0.775. The maximum absolute atomic E-state index is 9.10. The minimum absolute atomic E-state index is 0.0869. The third kappa shape index (κ3) is 2.62. The molecule has 0 unspecified atom stereocenters. The number of hydrogen-bond donors (Lipinski definition) is 2. The van der Waals surface area contributed by atoms with Crippen molar-refractivity contribution in [3.05, 3.63) is 33.8 Å². The van der Waals surface area contributed by atoms with E-state index in [1.807, 2.05) is 19.1 Å². The molecule has 0 saturated heterocycles. The number of aliphatic hydroxyl groups excluding tert-OH is 1. The number of benzene rings is 1. The Balaban J connectivity index is 1.91. The largest absolute Gasteiger partial charge is 0.391 e. The van der Waals surface area contributed by atoms with Crippen molar-refractivity contribution in [3.8, 4) is 0 Å². The number of nitrogens with one attached hydrogen (secondary N) is 1. The molecule has 0 atom stereocenters. The van der Waals surface area contributed by atoms with Gasteiger partial charge in [0.15, 0.2) is 9.50 Å². The molecule has 0 bridgehead atoms. The van der Waals surface area contributed by atoms with Gasteiger partial charge in [0.05, 0.1) is 22.5 Å². The van der Waals surface area contributed by atoms with E-state index in [2.05, 4.69) is 21.0 Å². The zero-order valence-corrected chi connectivity index (χ0v) is 12.4. The first-order valence-corrected chi connectivity index (χ1v) is 7.57. The first kappa shape index (κ1) is 12.9. The summed E-state index contributed by atoms with van der Waals surface area (Å²) in [6.07, 6.45) is 0. The van der Waals surface area contributed by atoms with E-state index < -0.39 is 0 Å². The van der Waals surface area contributed by atoms with Gasteiger partial charge in [0.2, 0.25) is 0 Å². The van der Waals surface area contributed by atoms with E-state index in [1.165, 1.54) is 28.7 Å². The van der Waals surface area contributed by atoms with Crippen LogP contribution in [-0.2, 0) is 6.61 Å². The molecule has 0 spiro atoms. The van der Waals surface area contributed by atoms with E-state index in [9.17, 15) is 0 Å². The van der Waals surface area contributed by atoms with Crippen molar-refractivity contribution in [2.45, 2.75) is 23.0 Å². The summed E-state index contributed by atoms with van der Waals surface area (Å²) in [6.45, 7) is 1.96. The van der Waals surface area contributed by atoms with E-state index >= 15 is 0 Å². The third-order valence-corrected chi connectivity index (χ3v) is 4.99. The zero-order chi connectivity index (χ0) is 13.4. The minimum Gasteiger partial charge on any atom is -0.391 e. The molecular formula is C12H10ClN3OS2. The Morgan fingerprint density at radius 3 is 3.00 bits per heavy atom. The van der Waals surface area contributed by atoms with E-state index in [4.69, 9.17) is 16.7 Å². The van der Waals surface area contributed by atoms with Gasteiger partial charge in [-0.15, -0.1) is 11.3 Å². The molecule has 0 aliphatic carbocycles. The van der Waals surface area contributed by atoms with Gasteiger partial charge in [-0.05, 0) is 36.4 Å². The van der Waals surface area contributed by atoms with E-state index in [1.54, 1.807) is 0 Å². The number of hydrogen-bond acceptors (Lipinski definition) is 5. The van der Waals surface area contributed by atoms with E-state index in [-0.39, 0.29) is 6.61 Å². The highest BCUT2D eigenvalue weighted by molar-refractivity contribution is 8.00. The van der Waals surface area contributed by atoms with Crippen LogP contribution in [0.3, 0.4) is 0 Å². The summed E-state index contributed by atoms with van der Waals surface area (Å²) in [5, 5.41) is 10.2. The first-order chi connectivity index (χ1) is 9.15. The molecule has 3 rings (SSSR count). The van der Waals surface area contributed by atoms with Gasteiger partial charge in [0.25, 0.3) is 0 Å². The van der Waals surface area contributed by atoms with Gasteiger partial charge in [0, 0.05) is 0 Å². The zero-order valence-electron chi connectivity index (χ0n) is 9.98. The molecule has 0 saturated carbocycles. The molecule has 98 valence electrons. The van der Waals surface area contributed by atoms with Gasteiger partial charge in [-0.1, -0.05) is 17.7 Å². The molecule has 3 aromatic rings. The Morgan fingerprint density at radius 2 is 2.26 bits per heavy atom. The van der Waals surface area contributed by atoms with Crippen LogP contribution >= 0.6 is 34.7 Å². The number of rotatable bonds is 3. The maximum atomic E-state index is 9.10. The summed E-state index contributed by atoms with van der Waals surface area (Å²) >= 11 is 8.70. The number of aromatic nitrogens is 3. The van der Waals surface area contributed by atoms with Crippen molar-refractivity contribution < 1.29 is 5.11 Å². The molecule has 0 aliphatic heterocycles. The highest BCUT2D eigenvalue weighted by atomic mass is 35.5. The number of aromatic amines is 1. The summed E-state index contributed by atoms with van der Waals surface area (Å²) in [4.78, 5) is 12.6. The number of nitrogens with zero attached hydrogens (tertiary/aromatic N) is 2. The topological polar surface area (TPSA) is 61.8 Å². The second-order valence-electron chi connectivity index (χ2n) is 4.02. The summed E-state index contributed by atoms with van der Waals surface area (Å²) in [5.41, 5.74) is 3.12. The van der Waals surface area contributed by atoms with Gasteiger partial charge in [-0.25, -0.2) is 9.97 Å². The van der Waals surface area contributed by atoms with Crippen LogP contribution < -0.4 is 0 Å². The summed E-state index contributed by atoms with van der Waals surface area (Å²) in [5.74, 6) is 0. The van der Waals surface area contributed by atoms with Crippen molar-refractivity contribution in [2.24, 2.45) is 0 Å². The lowest BCUT2D eigenvalue weighted by atomic mass is 10.2. The van der Waals surface area contributed by atoms with Crippen LogP contribution in [0.15, 0.2) is 27.7 Å². The van der Waals surface area contributed by atoms with Crippen molar-refractivity contribution in [1.29, 1.82) is 0 Å². The third-order valence-electron chi connectivity index (χ3n) is 2.57. The van der Waals surface area contributed by atoms with Crippen molar-refractivity contribution in [1.82, 2.24) is 15.0 Å². The molecule has 0 fully saturated rings. The molecule has 19 heavy (non-hydrogen) atoms. The normalized spacial score (nSPS) is 11.3. The average molecular weight is 312 g/mol. The second kappa shape index (κ2) is 5.13. The lowest BCUT2D eigenvalue weighted by Crippen LogP contribution is -1.75. The second-order valence-corrected chi connectivity index (χ2v) is 6.69. The number of aliphatic hydroxyl groups is 1. The SMILES string of the molecule is Cc1ccc2nc(Sc3nc(Cl)c(CO)s3)[nH]c2c1. The number of fused-ring (bicyclic) bond motifs is 1. The van der Waals surface area contributed by atoms with Crippen LogP contribution in [0, 0.1) is 6.92 Å². The highest BCUT2D eigenvalue weighted by Gasteiger charge is 2.12. The lowest BCUT2D eigenvalue weighted by Gasteiger charge is -1.90. The molecule has 7 heteroatoms. The van der Waals surface area contributed by atoms with Crippen molar-refractivity contribution >= 4 is 45.7 Å². The van der Waals surface area contributed by atoms with Gasteiger partial charge >= 0.3 is 0 Å². The molecule has 0 radical (unpaired) electrons. The predicted molar refractivity (Wildman–Crippen MR) is 78.0 cm³/mol. The number of halogens is 1. The Bertz CT molecular complexity index is 738. The maximum Gasteiger partial charge on any atom is 0.173 e. The number of imidazole rings is 1. The first-order valence-electron chi connectivity index (χ1n) is 5.56. The van der Waals surface area contributed by atoms with Crippen LogP contribution in [0.25, 0.3) is 11.0 Å². The van der Waals surface area contributed by atoms with Crippen LogP contribution in [0.2, 0.25) is 5.15 Å². The Kier molecular flexibility index (Phi) is 3.49. The number of H-pyrrole nitrogens is 1. The van der Waals surface area contributed by atoms with Gasteiger partial charge < -0.3 is 10.1 Å². The van der Waals surface area contributed by atoms with Crippen molar-refractivity contribution in [3.63, 3.8) is 0 Å². The summed E-state index contributed by atoms with van der Waals surface area (Å²) < 4.78 is 0.768. The molecule has 2 heterocycles. The fourth-order valence-corrected chi connectivity index (χ4v) is 3.90. The number of aryl methyl sites for hydroxylation is 1.